The highest BCUT2D eigenvalue weighted by molar-refractivity contribution is 6.48. The predicted molar refractivity (Wildman–Crippen MR) is 109 cm³/mol. The molecular weight excluding hydrogens is 378 g/mol. The number of hydrogen-bond acceptors (Lipinski definition) is 5. The first-order valence-corrected chi connectivity index (χ1v) is 9.68. The maximum atomic E-state index is 12.2. The van der Waals surface area contributed by atoms with Gasteiger partial charge in [0, 0.05) is 11.4 Å². The minimum Gasteiger partial charge on any atom is -0.469 e. The summed E-state index contributed by atoms with van der Waals surface area (Å²) in [5.41, 5.74) is 1.24. The largest absolute Gasteiger partial charge is 0.469 e. The van der Waals surface area contributed by atoms with Crippen LogP contribution in [0.5, 0.6) is 0 Å². The van der Waals surface area contributed by atoms with E-state index < -0.39 is 24.1 Å². The Labute approximate surface area is 171 Å². The van der Waals surface area contributed by atoms with E-state index in [1.165, 1.54) is 7.11 Å². The van der Waals surface area contributed by atoms with Gasteiger partial charge in [-0.05, 0) is 46.8 Å². The van der Waals surface area contributed by atoms with Crippen molar-refractivity contribution in [3.8, 4) is 5.69 Å². The minimum absolute atomic E-state index is 0.0777. The molecule has 0 bridgehead atoms. The minimum atomic E-state index is -0.645. The Morgan fingerprint density at radius 3 is 2.32 bits per heavy atom. The van der Waals surface area contributed by atoms with Gasteiger partial charge in [0.15, 0.2) is 0 Å². The number of para-hydroxylation sites is 1. The molecule has 1 aromatic heterocycles. The number of aromatic nitrogens is 2. The maximum Gasteiger partial charge on any atom is 0.466 e. The molecule has 3 rings (SSSR count). The lowest BCUT2D eigenvalue weighted by Gasteiger charge is -2.32. The first-order valence-electron chi connectivity index (χ1n) is 9.30. The fourth-order valence-electron chi connectivity index (χ4n) is 3.32. The molecule has 28 heavy (non-hydrogen) atoms. The summed E-state index contributed by atoms with van der Waals surface area (Å²) in [5.74, 6) is -0.805. The van der Waals surface area contributed by atoms with Crippen molar-refractivity contribution in [3.05, 3.63) is 46.7 Å². The van der Waals surface area contributed by atoms with Gasteiger partial charge in [-0.25, -0.2) is 4.68 Å². The van der Waals surface area contributed by atoms with Crippen LogP contribution in [0.1, 0.15) is 51.2 Å². The molecule has 1 unspecified atom stereocenters. The summed E-state index contributed by atoms with van der Waals surface area (Å²) in [6, 6.07) is 9.61. The van der Waals surface area contributed by atoms with Gasteiger partial charge in [0.25, 0.3) is 0 Å². The van der Waals surface area contributed by atoms with Crippen molar-refractivity contribution in [2.24, 2.45) is 0 Å². The van der Waals surface area contributed by atoms with Crippen LogP contribution in [0.3, 0.4) is 0 Å². The van der Waals surface area contributed by atoms with Gasteiger partial charge < -0.3 is 14.0 Å². The SMILES string of the molecule is COC(=O)CC(B1OC(C)(C)C(C)(C)O1)c1c(C)nn(-c2ccccc2)c1Cl. The van der Waals surface area contributed by atoms with Crippen molar-refractivity contribution >= 4 is 24.7 Å². The van der Waals surface area contributed by atoms with Crippen LogP contribution in [0.4, 0.5) is 0 Å². The Kier molecular flexibility index (Phi) is 5.63. The third kappa shape index (κ3) is 3.71. The van der Waals surface area contributed by atoms with Crippen molar-refractivity contribution in [2.45, 2.75) is 58.1 Å². The van der Waals surface area contributed by atoms with Crippen LogP contribution in [0.15, 0.2) is 30.3 Å². The average molecular weight is 405 g/mol. The number of carbonyl (C=O) groups is 1. The van der Waals surface area contributed by atoms with E-state index >= 15 is 0 Å². The molecule has 8 heteroatoms. The fraction of sp³-hybridized carbons (Fsp3) is 0.500. The van der Waals surface area contributed by atoms with Crippen LogP contribution < -0.4 is 0 Å². The second-order valence-electron chi connectivity index (χ2n) is 8.05. The highest BCUT2D eigenvalue weighted by Crippen LogP contribution is 2.44. The molecule has 0 radical (unpaired) electrons. The normalized spacial score (nSPS) is 18.9. The molecule has 1 aromatic carbocycles. The number of nitrogens with zero attached hydrogens (tertiary/aromatic N) is 2. The van der Waals surface area contributed by atoms with E-state index in [0.29, 0.717) is 5.15 Å². The Morgan fingerprint density at radius 1 is 1.21 bits per heavy atom. The number of carbonyl (C=O) groups excluding carboxylic acids is 1. The quantitative estimate of drug-likeness (QED) is 0.554. The standard InChI is InChI=1S/C20H26BClN2O4/c1-13-17(18(22)24(23-13)14-10-8-7-9-11-14)15(12-16(25)26-6)21-27-19(2,3)20(4,5)28-21/h7-11,15H,12H2,1-6H3. The zero-order chi connectivity index (χ0) is 20.7. The number of benzene rings is 1. The molecule has 1 atom stereocenters. The molecule has 0 spiro atoms. The van der Waals surface area contributed by atoms with Crippen LogP contribution in [0.2, 0.25) is 5.15 Å². The summed E-state index contributed by atoms with van der Waals surface area (Å²) in [6.07, 6.45) is 0.0777. The molecule has 2 heterocycles. The summed E-state index contributed by atoms with van der Waals surface area (Å²) < 4.78 is 19.0. The van der Waals surface area contributed by atoms with Gasteiger partial charge in [-0.15, -0.1) is 0 Å². The van der Waals surface area contributed by atoms with Crippen LogP contribution in [0.25, 0.3) is 5.69 Å². The number of ether oxygens (including phenoxy) is 1. The van der Waals surface area contributed by atoms with Crippen molar-refractivity contribution in [2.75, 3.05) is 7.11 Å². The third-order valence-electron chi connectivity index (χ3n) is 5.63. The second kappa shape index (κ2) is 7.54. The van der Waals surface area contributed by atoms with Gasteiger partial charge in [-0.3, -0.25) is 4.79 Å². The van der Waals surface area contributed by atoms with Gasteiger partial charge >= 0.3 is 13.1 Å². The molecule has 1 fully saturated rings. The summed E-state index contributed by atoms with van der Waals surface area (Å²) in [7, 11) is 0.722. The summed E-state index contributed by atoms with van der Waals surface area (Å²) in [4.78, 5) is 12.2. The number of esters is 1. The van der Waals surface area contributed by atoms with Crippen LogP contribution >= 0.6 is 11.6 Å². The summed E-state index contributed by atoms with van der Waals surface area (Å²) in [6.45, 7) is 9.78. The first-order chi connectivity index (χ1) is 13.1. The lowest BCUT2D eigenvalue weighted by atomic mass is 9.66. The highest BCUT2D eigenvalue weighted by Gasteiger charge is 2.55. The highest BCUT2D eigenvalue weighted by atomic mass is 35.5. The monoisotopic (exact) mass is 404 g/mol. The van der Waals surface area contributed by atoms with E-state index in [2.05, 4.69) is 5.10 Å². The van der Waals surface area contributed by atoms with Crippen LogP contribution in [0, 0.1) is 6.92 Å². The fourth-order valence-corrected chi connectivity index (χ4v) is 3.74. The molecular formula is C20H26BClN2O4. The van der Waals surface area contributed by atoms with Crippen molar-refractivity contribution < 1.29 is 18.8 Å². The lowest BCUT2D eigenvalue weighted by molar-refractivity contribution is -0.140. The first kappa shape index (κ1) is 20.9. The van der Waals surface area contributed by atoms with E-state index in [9.17, 15) is 4.79 Å². The van der Waals surface area contributed by atoms with E-state index in [-0.39, 0.29) is 12.4 Å². The Morgan fingerprint density at radius 2 is 1.79 bits per heavy atom. The molecule has 1 aliphatic rings. The summed E-state index contributed by atoms with van der Waals surface area (Å²) in [5, 5.41) is 5.04. The second-order valence-corrected chi connectivity index (χ2v) is 8.41. The molecule has 0 N–H and O–H groups in total. The number of hydrogen-bond donors (Lipinski definition) is 0. The number of halogens is 1. The van der Waals surface area contributed by atoms with Crippen LogP contribution in [-0.2, 0) is 18.8 Å². The molecule has 1 aliphatic heterocycles. The van der Waals surface area contributed by atoms with E-state index in [4.69, 9.17) is 25.6 Å². The molecule has 150 valence electrons. The lowest BCUT2D eigenvalue weighted by Crippen LogP contribution is -2.41. The van der Waals surface area contributed by atoms with Crippen molar-refractivity contribution in [1.82, 2.24) is 9.78 Å². The Hall–Kier alpha value is -1.83. The van der Waals surface area contributed by atoms with Gasteiger partial charge in [0.1, 0.15) is 5.15 Å². The van der Waals surface area contributed by atoms with Gasteiger partial charge in [0.2, 0.25) is 0 Å². The predicted octanol–water partition coefficient (Wildman–Crippen LogP) is 4.11. The summed E-state index contributed by atoms with van der Waals surface area (Å²) >= 11 is 6.74. The molecule has 0 amide bonds. The number of aryl methyl sites for hydroxylation is 1. The van der Waals surface area contributed by atoms with Crippen molar-refractivity contribution in [3.63, 3.8) is 0 Å². The Balaban J connectivity index is 2.05. The van der Waals surface area contributed by atoms with E-state index in [1.54, 1.807) is 4.68 Å². The molecule has 6 nitrogen and oxygen atoms in total. The number of methoxy groups -OCH3 is 1. The van der Waals surface area contributed by atoms with Crippen molar-refractivity contribution in [1.29, 1.82) is 0 Å². The van der Waals surface area contributed by atoms with E-state index in [1.807, 2.05) is 65.0 Å². The average Bonchev–Trinajstić information content (AvgIpc) is 3.05. The number of rotatable bonds is 5. The smallest absolute Gasteiger partial charge is 0.466 e. The molecule has 1 saturated heterocycles. The third-order valence-corrected chi connectivity index (χ3v) is 6.00. The zero-order valence-electron chi connectivity index (χ0n) is 17.2. The zero-order valence-corrected chi connectivity index (χ0v) is 17.9. The molecule has 2 aromatic rings. The molecule has 0 aliphatic carbocycles. The topological polar surface area (TPSA) is 62.6 Å². The Bertz CT molecular complexity index is 851. The van der Waals surface area contributed by atoms with Gasteiger partial charge in [-0.2, -0.15) is 5.10 Å². The van der Waals surface area contributed by atoms with Gasteiger partial charge in [-0.1, -0.05) is 29.8 Å². The van der Waals surface area contributed by atoms with Crippen LogP contribution in [-0.4, -0.2) is 41.2 Å². The maximum absolute atomic E-state index is 12.2. The van der Waals surface area contributed by atoms with Gasteiger partial charge in [0.05, 0.1) is 36.1 Å². The molecule has 0 saturated carbocycles. The van der Waals surface area contributed by atoms with E-state index in [0.717, 1.165) is 16.9 Å².